The Hall–Kier alpha value is -1.17. The molecule has 0 saturated carbocycles. The van der Waals surface area contributed by atoms with Gasteiger partial charge in [0.05, 0.1) is 5.75 Å². The van der Waals surface area contributed by atoms with Crippen molar-refractivity contribution in [1.29, 1.82) is 0 Å². The molecule has 25 heavy (non-hydrogen) atoms. The SMILES string of the molecule is CCC(NS(=O)(=O)Cc1ccc(Br)cc1)c1ccc2c(c1)CCCC2. The van der Waals surface area contributed by atoms with Crippen molar-refractivity contribution in [1.82, 2.24) is 4.72 Å². The maximum absolute atomic E-state index is 12.6. The number of benzene rings is 2. The number of halogens is 1. The predicted molar refractivity (Wildman–Crippen MR) is 106 cm³/mol. The third-order valence-electron chi connectivity index (χ3n) is 4.77. The normalized spacial score (nSPS) is 15.6. The Labute approximate surface area is 159 Å². The van der Waals surface area contributed by atoms with Gasteiger partial charge in [0.1, 0.15) is 0 Å². The first kappa shape index (κ1) is 18.6. The van der Waals surface area contributed by atoms with Gasteiger partial charge in [-0.3, -0.25) is 0 Å². The fraction of sp³-hybridized carbons (Fsp3) is 0.400. The lowest BCUT2D eigenvalue weighted by Gasteiger charge is -2.21. The van der Waals surface area contributed by atoms with Gasteiger partial charge in [0.15, 0.2) is 0 Å². The molecular formula is C20H24BrNO2S. The molecule has 3 nitrogen and oxygen atoms in total. The fourth-order valence-electron chi connectivity index (χ4n) is 3.42. The predicted octanol–water partition coefficient (Wildman–Crippen LogP) is 4.90. The summed E-state index contributed by atoms with van der Waals surface area (Å²) in [5, 5.41) is 0. The van der Waals surface area contributed by atoms with Crippen LogP contribution in [0.2, 0.25) is 0 Å². The van der Waals surface area contributed by atoms with Crippen LogP contribution in [0, 0.1) is 0 Å². The molecule has 0 amide bonds. The summed E-state index contributed by atoms with van der Waals surface area (Å²) in [6.07, 6.45) is 5.46. The molecular weight excluding hydrogens is 398 g/mol. The first-order valence-electron chi connectivity index (χ1n) is 8.83. The summed E-state index contributed by atoms with van der Waals surface area (Å²) >= 11 is 3.37. The first-order chi connectivity index (χ1) is 12.0. The van der Waals surface area contributed by atoms with Gasteiger partial charge in [-0.2, -0.15) is 0 Å². The van der Waals surface area contributed by atoms with E-state index in [9.17, 15) is 8.42 Å². The number of hydrogen-bond donors (Lipinski definition) is 1. The maximum atomic E-state index is 12.6. The highest BCUT2D eigenvalue weighted by atomic mass is 79.9. The lowest BCUT2D eigenvalue weighted by atomic mass is 9.89. The van der Waals surface area contributed by atoms with Crippen molar-refractivity contribution in [2.75, 3.05) is 0 Å². The summed E-state index contributed by atoms with van der Waals surface area (Å²) in [6.45, 7) is 2.02. The molecule has 134 valence electrons. The third kappa shape index (κ3) is 4.93. The van der Waals surface area contributed by atoms with E-state index in [0.717, 1.165) is 34.9 Å². The minimum atomic E-state index is -3.39. The number of hydrogen-bond acceptors (Lipinski definition) is 2. The lowest BCUT2D eigenvalue weighted by Crippen LogP contribution is -2.29. The Kier molecular flexibility index (Phi) is 5.97. The average Bonchev–Trinajstić information content (AvgIpc) is 2.61. The molecule has 0 aromatic heterocycles. The fourth-order valence-corrected chi connectivity index (χ4v) is 5.13. The number of nitrogens with one attached hydrogen (secondary N) is 1. The van der Waals surface area contributed by atoms with Crippen molar-refractivity contribution in [2.24, 2.45) is 0 Å². The van der Waals surface area contributed by atoms with Gasteiger partial charge < -0.3 is 0 Å². The second kappa shape index (κ2) is 8.02. The van der Waals surface area contributed by atoms with E-state index >= 15 is 0 Å². The molecule has 1 atom stereocenters. The van der Waals surface area contributed by atoms with Crippen LogP contribution in [0.5, 0.6) is 0 Å². The molecule has 5 heteroatoms. The van der Waals surface area contributed by atoms with Gasteiger partial charge in [-0.15, -0.1) is 0 Å². The molecule has 0 aliphatic heterocycles. The maximum Gasteiger partial charge on any atom is 0.216 e. The summed E-state index contributed by atoms with van der Waals surface area (Å²) < 4.78 is 29.0. The Morgan fingerprint density at radius 3 is 2.40 bits per heavy atom. The molecule has 0 heterocycles. The second-order valence-corrected chi connectivity index (χ2v) is 9.37. The minimum Gasteiger partial charge on any atom is -0.212 e. The van der Waals surface area contributed by atoms with Gasteiger partial charge in [-0.1, -0.05) is 53.2 Å². The molecule has 1 aliphatic rings. The van der Waals surface area contributed by atoms with E-state index < -0.39 is 10.0 Å². The number of aryl methyl sites for hydroxylation is 2. The molecule has 2 aromatic rings. The van der Waals surface area contributed by atoms with Crippen LogP contribution in [0.1, 0.15) is 54.5 Å². The molecule has 2 aromatic carbocycles. The van der Waals surface area contributed by atoms with E-state index in [4.69, 9.17) is 0 Å². The molecule has 3 rings (SSSR count). The largest absolute Gasteiger partial charge is 0.216 e. The smallest absolute Gasteiger partial charge is 0.212 e. The molecule has 1 aliphatic carbocycles. The van der Waals surface area contributed by atoms with E-state index in [2.05, 4.69) is 38.9 Å². The lowest BCUT2D eigenvalue weighted by molar-refractivity contribution is 0.548. The van der Waals surface area contributed by atoms with Gasteiger partial charge in [-0.25, -0.2) is 13.1 Å². The van der Waals surface area contributed by atoms with Crippen molar-refractivity contribution in [2.45, 2.75) is 50.8 Å². The van der Waals surface area contributed by atoms with Gasteiger partial charge in [-0.05, 0) is 66.5 Å². The van der Waals surface area contributed by atoms with Crippen LogP contribution in [0.3, 0.4) is 0 Å². The Morgan fingerprint density at radius 1 is 1.04 bits per heavy atom. The van der Waals surface area contributed by atoms with Crippen LogP contribution >= 0.6 is 15.9 Å². The molecule has 0 saturated heterocycles. The highest BCUT2D eigenvalue weighted by Crippen LogP contribution is 2.26. The van der Waals surface area contributed by atoms with Gasteiger partial charge in [0.2, 0.25) is 10.0 Å². The van der Waals surface area contributed by atoms with Gasteiger partial charge in [0.25, 0.3) is 0 Å². The zero-order valence-electron chi connectivity index (χ0n) is 14.5. The molecule has 0 radical (unpaired) electrons. The van der Waals surface area contributed by atoms with Crippen LogP contribution in [0.4, 0.5) is 0 Å². The van der Waals surface area contributed by atoms with Crippen LogP contribution in [0.25, 0.3) is 0 Å². The number of sulfonamides is 1. The quantitative estimate of drug-likeness (QED) is 0.720. The van der Waals surface area contributed by atoms with Gasteiger partial charge in [0, 0.05) is 10.5 Å². The van der Waals surface area contributed by atoms with E-state index in [0.29, 0.717) is 0 Å². The van der Waals surface area contributed by atoms with E-state index in [1.807, 2.05) is 31.2 Å². The van der Waals surface area contributed by atoms with Crippen LogP contribution in [-0.4, -0.2) is 8.42 Å². The Morgan fingerprint density at radius 2 is 1.72 bits per heavy atom. The summed E-state index contributed by atoms with van der Waals surface area (Å²) in [5.74, 6) is 0.00171. The molecule has 0 spiro atoms. The summed E-state index contributed by atoms with van der Waals surface area (Å²) in [4.78, 5) is 0. The van der Waals surface area contributed by atoms with Crippen molar-refractivity contribution in [3.8, 4) is 0 Å². The minimum absolute atomic E-state index is 0.00171. The Bertz CT molecular complexity index is 831. The highest BCUT2D eigenvalue weighted by Gasteiger charge is 2.20. The van der Waals surface area contributed by atoms with Gasteiger partial charge >= 0.3 is 0 Å². The Balaban J connectivity index is 1.75. The second-order valence-electron chi connectivity index (χ2n) is 6.70. The van der Waals surface area contributed by atoms with Crippen LogP contribution in [-0.2, 0) is 28.6 Å². The van der Waals surface area contributed by atoms with Crippen molar-refractivity contribution in [3.63, 3.8) is 0 Å². The van der Waals surface area contributed by atoms with Crippen LogP contribution < -0.4 is 4.72 Å². The molecule has 0 bridgehead atoms. The number of fused-ring (bicyclic) bond motifs is 1. The summed E-state index contributed by atoms with van der Waals surface area (Å²) in [6, 6.07) is 13.7. The van der Waals surface area contributed by atoms with Crippen molar-refractivity contribution < 1.29 is 8.42 Å². The molecule has 1 N–H and O–H groups in total. The van der Waals surface area contributed by atoms with Crippen molar-refractivity contribution >= 4 is 26.0 Å². The molecule has 1 unspecified atom stereocenters. The van der Waals surface area contributed by atoms with Crippen molar-refractivity contribution in [3.05, 3.63) is 69.2 Å². The third-order valence-corrected chi connectivity index (χ3v) is 6.66. The van der Waals surface area contributed by atoms with E-state index in [1.54, 1.807) is 0 Å². The average molecular weight is 422 g/mol. The zero-order chi connectivity index (χ0) is 17.9. The monoisotopic (exact) mass is 421 g/mol. The number of rotatable bonds is 6. The summed E-state index contributed by atoms with van der Waals surface area (Å²) in [5.41, 5.74) is 4.66. The highest BCUT2D eigenvalue weighted by molar-refractivity contribution is 9.10. The van der Waals surface area contributed by atoms with E-state index in [1.165, 1.54) is 24.0 Å². The topological polar surface area (TPSA) is 46.2 Å². The summed E-state index contributed by atoms with van der Waals surface area (Å²) in [7, 11) is -3.39. The van der Waals surface area contributed by atoms with E-state index in [-0.39, 0.29) is 11.8 Å². The zero-order valence-corrected chi connectivity index (χ0v) is 16.9. The first-order valence-corrected chi connectivity index (χ1v) is 11.3. The standard InChI is InChI=1S/C20H24BrNO2S/c1-2-20(18-10-9-16-5-3-4-6-17(16)13-18)22-25(23,24)14-15-7-11-19(21)12-8-15/h7-13,20,22H,2-6,14H2,1H3. The van der Waals surface area contributed by atoms with Crippen LogP contribution in [0.15, 0.2) is 46.9 Å². The molecule has 0 fully saturated rings.